The molecule has 8 heteroatoms. The van der Waals surface area contributed by atoms with E-state index in [0.717, 1.165) is 16.7 Å². The highest BCUT2D eigenvalue weighted by Crippen LogP contribution is 2.29. The average Bonchev–Trinajstić information content (AvgIpc) is 2.64. The lowest BCUT2D eigenvalue weighted by atomic mass is 9.93. The first-order valence-corrected chi connectivity index (χ1v) is 11.4. The van der Waals surface area contributed by atoms with E-state index in [-0.39, 0.29) is 12.5 Å². The first-order chi connectivity index (χ1) is 15.1. The number of hydrogen-bond acceptors (Lipinski definition) is 5. The van der Waals surface area contributed by atoms with Crippen molar-refractivity contribution in [3.8, 4) is 0 Å². The number of aliphatic hydroxyl groups excluding tert-OH is 1. The van der Waals surface area contributed by atoms with Gasteiger partial charge < -0.3 is 25.4 Å². The third-order valence-electron chi connectivity index (χ3n) is 4.79. The Kier molecular flexibility index (Phi) is 9.90. The molecule has 33 heavy (non-hydrogen) atoms. The third-order valence-corrected chi connectivity index (χ3v) is 4.79. The van der Waals surface area contributed by atoms with Gasteiger partial charge in [0.05, 0.1) is 6.61 Å². The van der Waals surface area contributed by atoms with Crippen LogP contribution in [0, 0.1) is 13.8 Å². The molecule has 3 amide bonds. The summed E-state index contributed by atoms with van der Waals surface area (Å²) in [6, 6.07) is 3.53. The second-order valence-electron chi connectivity index (χ2n) is 10.4. The maximum absolute atomic E-state index is 13.6. The van der Waals surface area contributed by atoms with Crippen LogP contribution in [0.5, 0.6) is 0 Å². The molecule has 186 valence electrons. The van der Waals surface area contributed by atoms with Crippen LogP contribution in [0.4, 0.5) is 4.79 Å². The Bertz CT molecular complexity index is 819. The van der Waals surface area contributed by atoms with Gasteiger partial charge in [-0.3, -0.25) is 9.59 Å². The van der Waals surface area contributed by atoms with E-state index in [1.807, 2.05) is 59.7 Å². The van der Waals surface area contributed by atoms with Gasteiger partial charge in [0.1, 0.15) is 17.7 Å². The summed E-state index contributed by atoms with van der Waals surface area (Å²) in [6.07, 6.45) is -0.227. The van der Waals surface area contributed by atoms with E-state index >= 15 is 0 Å². The van der Waals surface area contributed by atoms with Gasteiger partial charge in [-0.2, -0.15) is 0 Å². The average molecular weight is 464 g/mol. The Balaban J connectivity index is 3.47. The molecule has 0 fully saturated rings. The minimum absolute atomic E-state index is 0.265. The minimum Gasteiger partial charge on any atom is -0.444 e. The molecule has 2 atom stereocenters. The second kappa shape index (κ2) is 11.5. The maximum Gasteiger partial charge on any atom is 0.408 e. The van der Waals surface area contributed by atoms with Gasteiger partial charge in [0.25, 0.3) is 0 Å². The monoisotopic (exact) mass is 463 g/mol. The number of aryl methyl sites for hydroxylation is 2. The number of alkyl carbamates (subject to hydrolysis) is 1. The fourth-order valence-electron chi connectivity index (χ4n) is 3.57. The summed E-state index contributed by atoms with van der Waals surface area (Å²) >= 11 is 0. The van der Waals surface area contributed by atoms with Crippen LogP contribution in [0.3, 0.4) is 0 Å². The lowest BCUT2D eigenvalue weighted by Gasteiger charge is -2.36. The third kappa shape index (κ3) is 8.68. The number of amides is 3. The Labute approximate surface area is 198 Å². The number of aliphatic hydroxyl groups is 1. The van der Waals surface area contributed by atoms with Gasteiger partial charge in [0, 0.05) is 12.1 Å². The fraction of sp³-hybridized carbons (Fsp3) is 0.640. The quantitative estimate of drug-likeness (QED) is 0.548. The van der Waals surface area contributed by atoms with E-state index in [0.29, 0.717) is 6.42 Å². The molecule has 0 spiro atoms. The van der Waals surface area contributed by atoms with Gasteiger partial charge in [-0.1, -0.05) is 25.1 Å². The molecule has 8 nitrogen and oxygen atoms in total. The van der Waals surface area contributed by atoms with Crippen molar-refractivity contribution in [3.63, 3.8) is 0 Å². The van der Waals surface area contributed by atoms with Crippen molar-refractivity contribution in [2.75, 3.05) is 13.2 Å². The van der Waals surface area contributed by atoms with Crippen molar-refractivity contribution in [1.29, 1.82) is 0 Å². The molecule has 0 heterocycles. The molecule has 0 radical (unpaired) electrons. The van der Waals surface area contributed by atoms with Crippen molar-refractivity contribution in [2.24, 2.45) is 0 Å². The standard InChI is InChI=1S/C25H41N3O5/c1-10-14-28(22(31)18(15-29)26-23(32)33-25(7,8)9)20(21(30)27-24(4,5)6)19-16(2)12-11-13-17(19)3/h11-13,18,20,29H,10,14-15H2,1-9H3,(H,26,32)(H,27,30). The molecule has 0 bridgehead atoms. The van der Waals surface area contributed by atoms with Crippen molar-refractivity contribution in [2.45, 2.75) is 92.0 Å². The zero-order chi connectivity index (χ0) is 25.6. The number of nitrogens with zero attached hydrogens (tertiary/aromatic N) is 1. The van der Waals surface area contributed by atoms with Crippen molar-refractivity contribution < 1.29 is 24.2 Å². The molecule has 2 unspecified atom stereocenters. The van der Waals surface area contributed by atoms with E-state index in [9.17, 15) is 19.5 Å². The summed E-state index contributed by atoms with van der Waals surface area (Å²) in [6.45, 7) is 16.1. The van der Waals surface area contributed by atoms with Crippen LogP contribution >= 0.6 is 0 Å². The second-order valence-corrected chi connectivity index (χ2v) is 10.4. The summed E-state index contributed by atoms with van der Waals surface area (Å²) in [5.41, 5.74) is 1.20. The number of hydrogen-bond donors (Lipinski definition) is 3. The van der Waals surface area contributed by atoms with Crippen LogP contribution in [-0.2, 0) is 14.3 Å². The van der Waals surface area contributed by atoms with Gasteiger partial charge in [0.2, 0.25) is 11.8 Å². The molecular weight excluding hydrogens is 422 g/mol. The van der Waals surface area contributed by atoms with Crippen LogP contribution in [0.2, 0.25) is 0 Å². The van der Waals surface area contributed by atoms with Crippen LogP contribution in [0.1, 0.15) is 77.6 Å². The highest BCUT2D eigenvalue weighted by atomic mass is 16.6. The number of nitrogens with one attached hydrogen (secondary N) is 2. The molecule has 1 rings (SSSR count). The largest absolute Gasteiger partial charge is 0.444 e. The predicted molar refractivity (Wildman–Crippen MR) is 129 cm³/mol. The molecule has 0 aromatic heterocycles. The summed E-state index contributed by atoms with van der Waals surface area (Å²) < 4.78 is 5.25. The summed E-state index contributed by atoms with van der Waals surface area (Å²) in [7, 11) is 0. The Morgan fingerprint density at radius 2 is 1.61 bits per heavy atom. The van der Waals surface area contributed by atoms with Gasteiger partial charge in [0.15, 0.2) is 0 Å². The number of carbonyl (C=O) groups is 3. The van der Waals surface area contributed by atoms with E-state index in [1.165, 1.54) is 4.90 Å². The van der Waals surface area contributed by atoms with Gasteiger partial charge in [-0.15, -0.1) is 0 Å². The fourth-order valence-corrected chi connectivity index (χ4v) is 3.57. The smallest absolute Gasteiger partial charge is 0.408 e. The molecule has 0 aliphatic carbocycles. The predicted octanol–water partition coefficient (Wildman–Crippen LogP) is 3.38. The number of ether oxygens (including phenoxy) is 1. The lowest BCUT2D eigenvalue weighted by Crippen LogP contribution is -2.56. The highest BCUT2D eigenvalue weighted by Gasteiger charge is 2.38. The van der Waals surface area contributed by atoms with Gasteiger partial charge >= 0.3 is 6.09 Å². The molecule has 0 saturated carbocycles. The molecule has 0 aliphatic rings. The van der Waals surface area contributed by atoms with Gasteiger partial charge in [-0.25, -0.2) is 4.79 Å². The van der Waals surface area contributed by atoms with Gasteiger partial charge in [-0.05, 0) is 78.5 Å². The van der Waals surface area contributed by atoms with E-state index in [4.69, 9.17) is 4.74 Å². The van der Waals surface area contributed by atoms with E-state index in [2.05, 4.69) is 10.6 Å². The summed E-state index contributed by atoms with van der Waals surface area (Å²) in [4.78, 5) is 40.8. The highest BCUT2D eigenvalue weighted by molar-refractivity contribution is 5.92. The van der Waals surface area contributed by atoms with E-state index in [1.54, 1.807) is 20.8 Å². The maximum atomic E-state index is 13.6. The molecule has 1 aromatic rings. The lowest BCUT2D eigenvalue weighted by molar-refractivity contribution is -0.143. The number of rotatable bonds is 8. The normalized spacial score (nSPS) is 13.6. The number of carbonyl (C=O) groups excluding carboxylic acids is 3. The van der Waals surface area contributed by atoms with Crippen LogP contribution in [0.25, 0.3) is 0 Å². The van der Waals surface area contributed by atoms with Crippen molar-refractivity contribution >= 4 is 17.9 Å². The SMILES string of the molecule is CCCN(C(=O)C(CO)NC(=O)OC(C)(C)C)C(C(=O)NC(C)(C)C)c1c(C)cccc1C. The first kappa shape index (κ1) is 28.4. The first-order valence-electron chi connectivity index (χ1n) is 11.4. The minimum atomic E-state index is -1.25. The van der Waals surface area contributed by atoms with Crippen molar-refractivity contribution in [3.05, 3.63) is 34.9 Å². The van der Waals surface area contributed by atoms with Crippen LogP contribution in [0.15, 0.2) is 18.2 Å². The molecule has 1 aromatic carbocycles. The van der Waals surface area contributed by atoms with E-state index < -0.39 is 41.8 Å². The molecule has 0 aliphatic heterocycles. The van der Waals surface area contributed by atoms with Crippen molar-refractivity contribution in [1.82, 2.24) is 15.5 Å². The Hall–Kier alpha value is -2.61. The number of benzene rings is 1. The Morgan fingerprint density at radius 1 is 1.06 bits per heavy atom. The summed E-state index contributed by atoms with van der Waals surface area (Å²) in [5, 5.41) is 15.4. The van der Waals surface area contributed by atoms with Crippen LogP contribution in [-0.4, -0.2) is 58.2 Å². The zero-order valence-corrected chi connectivity index (χ0v) is 21.5. The molecule has 0 saturated heterocycles. The topological polar surface area (TPSA) is 108 Å². The summed E-state index contributed by atoms with van der Waals surface area (Å²) in [5.74, 6) is -0.877. The molecule has 3 N–H and O–H groups in total. The van der Waals surface area contributed by atoms with Crippen LogP contribution < -0.4 is 10.6 Å². The molecular formula is C25H41N3O5. The Morgan fingerprint density at radius 3 is 2.03 bits per heavy atom. The zero-order valence-electron chi connectivity index (χ0n) is 21.5.